The number of alkyl halides is 3. The Kier molecular flexibility index (Phi) is 9.23. The summed E-state index contributed by atoms with van der Waals surface area (Å²) in [5, 5.41) is 8.83. The van der Waals surface area contributed by atoms with Crippen molar-refractivity contribution in [2.75, 3.05) is 48.7 Å². The molecular formula is C35H34F3N7O2. The SMILES string of the molecule is CCN1CCN(Cc2ccc(NC(=O)Nc3ccc(-n4ccc5c(NC(=O)c6ccccc6)nccc54)cc3)cc2C(F)(F)F)CC1. The number of amides is 3. The summed E-state index contributed by atoms with van der Waals surface area (Å²) in [6, 6.07) is 22.8. The fraction of sp³-hybridized carbons (Fsp3) is 0.229. The lowest BCUT2D eigenvalue weighted by Crippen LogP contribution is -2.45. The second-order valence-electron chi connectivity index (χ2n) is 11.3. The van der Waals surface area contributed by atoms with Crippen LogP contribution in [0.25, 0.3) is 16.6 Å². The van der Waals surface area contributed by atoms with Gasteiger partial charge in [-0.15, -0.1) is 0 Å². The van der Waals surface area contributed by atoms with Crippen LogP contribution in [0, 0.1) is 0 Å². The number of likely N-dealkylation sites (N-methyl/N-ethyl adjacent to an activating group) is 1. The highest BCUT2D eigenvalue weighted by molar-refractivity contribution is 6.08. The van der Waals surface area contributed by atoms with E-state index in [1.165, 1.54) is 12.1 Å². The molecule has 47 heavy (non-hydrogen) atoms. The smallest absolute Gasteiger partial charge is 0.316 e. The Bertz CT molecular complexity index is 1870. The number of nitrogens with one attached hydrogen (secondary N) is 3. The standard InChI is InChI=1S/C35H34F3N7O2/c1-2-43-18-20-44(21-19-43)23-25-8-9-27(22-30(25)35(36,37)38)41-34(47)40-26-10-12-28(13-11-26)45-17-15-29-31(45)14-16-39-32(29)42-33(46)24-6-4-3-5-7-24/h3-17,22H,2,18-21,23H2,1H3,(H,39,42,46)(H2,40,41,47). The van der Waals surface area contributed by atoms with Gasteiger partial charge in [-0.2, -0.15) is 13.2 Å². The van der Waals surface area contributed by atoms with Gasteiger partial charge in [-0.05, 0) is 72.8 Å². The number of nitrogens with zero attached hydrogens (tertiary/aromatic N) is 4. The monoisotopic (exact) mass is 641 g/mol. The quantitative estimate of drug-likeness (QED) is 0.168. The topological polar surface area (TPSA) is 94.5 Å². The van der Waals surface area contributed by atoms with Gasteiger partial charge in [-0.1, -0.05) is 31.2 Å². The summed E-state index contributed by atoms with van der Waals surface area (Å²) >= 11 is 0. The van der Waals surface area contributed by atoms with Crippen LogP contribution in [0.2, 0.25) is 0 Å². The van der Waals surface area contributed by atoms with Gasteiger partial charge in [0.1, 0.15) is 5.82 Å². The van der Waals surface area contributed by atoms with Gasteiger partial charge >= 0.3 is 12.2 Å². The molecule has 3 N–H and O–H groups in total. The third-order valence-corrected chi connectivity index (χ3v) is 8.27. The van der Waals surface area contributed by atoms with Crippen LogP contribution in [0.1, 0.15) is 28.4 Å². The number of urea groups is 1. The summed E-state index contributed by atoms with van der Waals surface area (Å²) in [7, 11) is 0. The van der Waals surface area contributed by atoms with Crippen molar-refractivity contribution in [2.24, 2.45) is 0 Å². The molecule has 0 spiro atoms. The van der Waals surface area contributed by atoms with Crippen LogP contribution in [0.5, 0.6) is 0 Å². The maximum Gasteiger partial charge on any atom is 0.416 e. The molecule has 0 bridgehead atoms. The molecule has 2 aromatic heterocycles. The lowest BCUT2D eigenvalue weighted by Gasteiger charge is -2.34. The number of halogens is 3. The Morgan fingerprint density at radius 2 is 1.49 bits per heavy atom. The summed E-state index contributed by atoms with van der Waals surface area (Å²) in [6.07, 6.45) is -1.09. The van der Waals surface area contributed by atoms with Gasteiger partial charge in [0.05, 0.1) is 11.1 Å². The number of carbonyl (C=O) groups excluding carboxylic acids is 2. The Morgan fingerprint density at radius 1 is 0.809 bits per heavy atom. The Balaban J connectivity index is 1.11. The maximum absolute atomic E-state index is 14.0. The van der Waals surface area contributed by atoms with E-state index in [4.69, 9.17) is 0 Å². The summed E-state index contributed by atoms with van der Waals surface area (Å²) in [6.45, 7) is 6.26. The maximum atomic E-state index is 14.0. The number of hydrogen-bond donors (Lipinski definition) is 3. The van der Waals surface area contributed by atoms with Gasteiger partial charge in [0, 0.05) is 73.1 Å². The molecule has 0 aliphatic carbocycles. The highest BCUT2D eigenvalue weighted by Crippen LogP contribution is 2.35. The van der Waals surface area contributed by atoms with Crippen molar-refractivity contribution in [1.29, 1.82) is 0 Å². The van der Waals surface area contributed by atoms with E-state index in [-0.39, 0.29) is 23.7 Å². The Morgan fingerprint density at radius 3 is 2.19 bits per heavy atom. The predicted octanol–water partition coefficient (Wildman–Crippen LogP) is 7.08. The van der Waals surface area contributed by atoms with E-state index in [1.807, 2.05) is 33.9 Å². The van der Waals surface area contributed by atoms with Gasteiger partial charge in [-0.3, -0.25) is 9.69 Å². The first-order chi connectivity index (χ1) is 22.7. The van der Waals surface area contributed by atoms with Crippen LogP contribution >= 0.6 is 0 Å². The minimum Gasteiger partial charge on any atom is -0.316 e. The third kappa shape index (κ3) is 7.45. The number of hydrogen-bond acceptors (Lipinski definition) is 5. The second-order valence-corrected chi connectivity index (χ2v) is 11.3. The largest absolute Gasteiger partial charge is 0.416 e. The molecule has 0 saturated carbocycles. The number of benzene rings is 3. The summed E-state index contributed by atoms with van der Waals surface area (Å²) < 4.78 is 43.9. The molecule has 1 aliphatic rings. The normalized spacial score (nSPS) is 14.2. The molecular weight excluding hydrogens is 607 g/mol. The second kappa shape index (κ2) is 13.7. The van der Waals surface area contributed by atoms with Crippen LogP contribution < -0.4 is 16.0 Å². The molecule has 9 nitrogen and oxygen atoms in total. The van der Waals surface area contributed by atoms with Crippen molar-refractivity contribution >= 4 is 40.0 Å². The first-order valence-corrected chi connectivity index (χ1v) is 15.3. The first kappa shape index (κ1) is 31.8. The van der Waals surface area contributed by atoms with Crippen molar-refractivity contribution in [3.8, 4) is 5.69 Å². The molecule has 3 amide bonds. The number of carbonyl (C=O) groups is 2. The lowest BCUT2D eigenvalue weighted by molar-refractivity contribution is -0.138. The molecule has 1 aliphatic heterocycles. The van der Waals surface area contributed by atoms with E-state index in [0.29, 0.717) is 30.2 Å². The number of aromatic nitrogens is 2. The number of rotatable bonds is 8. The molecule has 1 fully saturated rings. The molecule has 3 aromatic carbocycles. The molecule has 5 aromatic rings. The van der Waals surface area contributed by atoms with Crippen molar-refractivity contribution in [1.82, 2.24) is 19.4 Å². The molecule has 242 valence electrons. The third-order valence-electron chi connectivity index (χ3n) is 8.27. The molecule has 1 saturated heterocycles. The summed E-state index contributed by atoms with van der Waals surface area (Å²) in [5.41, 5.74) is 2.06. The summed E-state index contributed by atoms with van der Waals surface area (Å²) in [4.78, 5) is 34.1. The van der Waals surface area contributed by atoms with Crippen LogP contribution in [-0.2, 0) is 12.7 Å². The number of anilines is 3. The van der Waals surface area contributed by atoms with E-state index in [1.54, 1.807) is 54.7 Å². The van der Waals surface area contributed by atoms with E-state index in [9.17, 15) is 22.8 Å². The summed E-state index contributed by atoms with van der Waals surface area (Å²) in [5.74, 6) is 0.167. The molecule has 0 radical (unpaired) electrons. The van der Waals surface area contributed by atoms with Crippen molar-refractivity contribution in [3.05, 3.63) is 114 Å². The zero-order chi connectivity index (χ0) is 33.0. The minimum atomic E-state index is -4.56. The van der Waals surface area contributed by atoms with Crippen molar-refractivity contribution < 1.29 is 22.8 Å². The van der Waals surface area contributed by atoms with E-state index in [0.717, 1.165) is 42.3 Å². The van der Waals surface area contributed by atoms with Crippen LogP contribution in [-0.4, -0.2) is 64.0 Å². The number of piperazine rings is 1. The lowest BCUT2D eigenvalue weighted by atomic mass is 10.0. The van der Waals surface area contributed by atoms with Gasteiger partial charge in [0.25, 0.3) is 5.91 Å². The van der Waals surface area contributed by atoms with E-state index in [2.05, 4.69) is 32.8 Å². The average molecular weight is 642 g/mol. The Labute approximate surface area is 270 Å². The molecule has 0 atom stereocenters. The van der Waals surface area contributed by atoms with Gasteiger partial charge in [0.2, 0.25) is 0 Å². The zero-order valence-corrected chi connectivity index (χ0v) is 25.7. The fourth-order valence-electron chi connectivity index (χ4n) is 5.72. The van der Waals surface area contributed by atoms with Crippen molar-refractivity contribution in [2.45, 2.75) is 19.6 Å². The highest BCUT2D eigenvalue weighted by Gasteiger charge is 2.34. The van der Waals surface area contributed by atoms with Crippen LogP contribution in [0.4, 0.5) is 35.2 Å². The minimum absolute atomic E-state index is 0.0496. The fourth-order valence-corrected chi connectivity index (χ4v) is 5.72. The number of fused-ring (bicyclic) bond motifs is 1. The van der Waals surface area contributed by atoms with E-state index < -0.39 is 17.8 Å². The number of pyridine rings is 1. The van der Waals surface area contributed by atoms with Crippen LogP contribution in [0.15, 0.2) is 97.3 Å². The van der Waals surface area contributed by atoms with Gasteiger partial charge < -0.3 is 25.4 Å². The van der Waals surface area contributed by atoms with Crippen LogP contribution in [0.3, 0.4) is 0 Å². The van der Waals surface area contributed by atoms with Crippen molar-refractivity contribution in [3.63, 3.8) is 0 Å². The zero-order valence-electron chi connectivity index (χ0n) is 25.7. The molecule has 6 rings (SSSR count). The molecule has 0 unspecified atom stereocenters. The Hall–Kier alpha value is -5.20. The predicted molar refractivity (Wildman–Crippen MR) is 177 cm³/mol. The van der Waals surface area contributed by atoms with Gasteiger partial charge in [0.15, 0.2) is 0 Å². The van der Waals surface area contributed by atoms with E-state index >= 15 is 0 Å². The molecule has 12 heteroatoms. The first-order valence-electron chi connectivity index (χ1n) is 15.3. The van der Waals surface area contributed by atoms with Gasteiger partial charge in [-0.25, -0.2) is 9.78 Å². The highest BCUT2D eigenvalue weighted by atomic mass is 19.4. The average Bonchev–Trinajstić information content (AvgIpc) is 3.51. The molecule has 3 heterocycles.